The first-order valence-electron chi connectivity index (χ1n) is 2.48. The van der Waals surface area contributed by atoms with E-state index in [2.05, 4.69) is 0 Å². The lowest BCUT2D eigenvalue weighted by atomic mass is 10.6. The highest BCUT2D eigenvalue weighted by Crippen LogP contribution is 2.11. The van der Waals surface area contributed by atoms with Crippen LogP contribution in [-0.2, 0) is 0 Å². The molecule has 2 amide bonds. The minimum absolute atomic E-state index is 0.836. The van der Waals surface area contributed by atoms with Crippen molar-refractivity contribution in [2.24, 2.45) is 0 Å². The van der Waals surface area contributed by atoms with E-state index in [1.807, 2.05) is 5.32 Å². The molecule has 0 atom stereocenters. The van der Waals surface area contributed by atoms with Crippen molar-refractivity contribution in [3.05, 3.63) is 0 Å². The highest BCUT2D eigenvalue weighted by molar-refractivity contribution is 5.73. The van der Waals surface area contributed by atoms with Gasteiger partial charge in [0.15, 0.2) is 0 Å². The molecule has 0 aliphatic heterocycles. The molecule has 0 spiro atoms. The van der Waals surface area contributed by atoms with Crippen LogP contribution in [0.15, 0.2) is 0 Å². The molecular formula is C4H7F3N2O. The van der Waals surface area contributed by atoms with Crippen molar-refractivity contribution in [1.29, 1.82) is 0 Å². The maximum absolute atomic E-state index is 11.3. The van der Waals surface area contributed by atoms with Gasteiger partial charge in [-0.1, -0.05) is 0 Å². The Hall–Kier alpha value is -0.940. The minimum Gasteiger partial charge on any atom is -0.341 e. The van der Waals surface area contributed by atoms with Crippen molar-refractivity contribution in [2.45, 2.75) is 6.18 Å². The molecular weight excluding hydrogens is 149 g/mol. The Balaban J connectivity index is 3.46. The Morgan fingerprint density at radius 3 is 2.30 bits per heavy atom. The maximum atomic E-state index is 11.3. The summed E-state index contributed by atoms with van der Waals surface area (Å²) in [6, 6.07) is -0.836. The molecule has 0 unspecified atom stereocenters. The molecule has 10 heavy (non-hydrogen) atoms. The van der Waals surface area contributed by atoms with Crippen LogP contribution in [0.1, 0.15) is 0 Å². The minimum atomic E-state index is -4.34. The molecule has 0 radical (unpaired) electrons. The van der Waals surface area contributed by atoms with Crippen molar-refractivity contribution in [3.8, 4) is 0 Å². The second kappa shape index (κ2) is 3.28. The van der Waals surface area contributed by atoms with E-state index in [-0.39, 0.29) is 0 Å². The van der Waals surface area contributed by atoms with E-state index in [0.717, 1.165) is 0 Å². The van der Waals surface area contributed by atoms with E-state index in [9.17, 15) is 18.0 Å². The summed E-state index contributed by atoms with van der Waals surface area (Å²) in [5, 5.41) is 3.58. The Labute approximate surface area is 55.6 Å². The van der Waals surface area contributed by atoms with Crippen LogP contribution in [0.25, 0.3) is 0 Å². The maximum Gasteiger partial charge on any atom is 0.405 e. The predicted octanol–water partition coefficient (Wildman–Crippen LogP) is 0.478. The van der Waals surface area contributed by atoms with E-state index < -0.39 is 18.8 Å². The van der Waals surface area contributed by atoms with Crippen molar-refractivity contribution in [3.63, 3.8) is 0 Å². The van der Waals surface area contributed by atoms with Crippen molar-refractivity contribution in [2.75, 3.05) is 13.6 Å². The normalized spacial score (nSPS) is 10.8. The molecule has 0 aliphatic rings. The Kier molecular flexibility index (Phi) is 2.98. The molecule has 2 N–H and O–H groups in total. The number of carbonyl (C=O) groups is 1. The number of hydrogen-bond acceptors (Lipinski definition) is 1. The zero-order valence-electron chi connectivity index (χ0n) is 5.25. The predicted molar refractivity (Wildman–Crippen MR) is 28.5 cm³/mol. The molecule has 0 aromatic rings. The van der Waals surface area contributed by atoms with Gasteiger partial charge in [-0.3, -0.25) is 0 Å². The van der Waals surface area contributed by atoms with E-state index in [1.54, 1.807) is 5.32 Å². The summed E-state index contributed by atoms with van der Waals surface area (Å²) < 4.78 is 33.9. The largest absolute Gasteiger partial charge is 0.405 e. The van der Waals surface area contributed by atoms with Gasteiger partial charge in [-0.25, -0.2) is 4.79 Å². The Morgan fingerprint density at radius 1 is 1.50 bits per heavy atom. The highest BCUT2D eigenvalue weighted by Gasteiger charge is 2.27. The van der Waals surface area contributed by atoms with E-state index in [4.69, 9.17) is 0 Å². The Bertz CT molecular complexity index is 122. The quantitative estimate of drug-likeness (QED) is 0.569. The third kappa shape index (κ3) is 5.20. The van der Waals surface area contributed by atoms with Crippen LogP contribution in [0.4, 0.5) is 18.0 Å². The lowest BCUT2D eigenvalue weighted by Crippen LogP contribution is -2.39. The summed E-state index contributed by atoms with van der Waals surface area (Å²) in [6.45, 7) is -1.30. The topological polar surface area (TPSA) is 41.1 Å². The summed E-state index contributed by atoms with van der Waals surface area (Å²) in [5.74, 6) is 0. The highest BCUT2D eigenvalue weighted by atomic mass is 19.4. The molecule has 0 bridgehead atoms. The van der Waals surface area contributed by atoms with Gasteiger partial charge >= 0.3 is 12.2 Å². The molecule has 6 heteroatoms. The average molecular weight is 156 g/mol. The molecule has 0 saturated heterocycles. The molecule has 0 saturated carbocycles. The summed E-state index contributed by atoms with van der Waals surface area (Å²) in [6.07, 6.45) is -4.34. The third-order valence-electron chi connectivity index (χ3n) is 0.676. The zero-order valence-corrected chi connectivity index (χ0v) is 5.25. The van der Waals surface area contributed by atoms with Crippen LogP contribution >= 0.6 is 0 Å². The fourth-order valence-corrected chi connectivity index (χ4v) is 0.269. The summed E-state index contributed by atoms with van der Waals surface area (Å²) >= 11 is 0. The lowest BCUT2D eigenvalue weighted by Gasteiger charge is -2.06. The van der Waals surface area contributed by atoms with Gasteiger partial charge in [-0.15, -0.1) is 0 Å². The fraction of sp³-hybridized carbons (Fsp3) is 0.750. The van der Waals surface area contributed by atoms with Crippen LogP contribution in [0.2, 0.25) is 0 Å². The molecule has 0 aromatic heterocycles. The average Bonchev–Trinajstić information content (AvgIpc) is 1.81. The van der Waals surface area contributed by atoms with Crippen LogP contribution in [0, 0.1) is 0 Å². The van der Waals surface area contributed by atoms with E-state index >= 15 is 0 Å². The summed E-state index contributed by atoms with van der Waals surface area (Å²) in [5.41, 5.74) is 0. The van der Waals surface area contributed by atoms with Crippen LogP contribution in [0.3, 0.4) is 0 Å². The second-order valence-corrected chi connectivity index (χ2v) is 1.55. The van der Waals surface area contributed by atoms with Gasteiger partial charge in [0.2, 0.25) is 0 Å². The third-order valence-corrected chi connectivity index (χ3v) is 0.676. The van der Waals surface area contributed by atoms with Crippen molar-refractivity contribution >= 4 is 6.03 Å². The van der Waals surface area contributed by atoms with Gasteiger partial charge in [0.05, 0.1) is 0 Å². The van der Waals surface area contributed by atoms with Gasteiger partial charge in [-0.2, -0.15) is 13.2 Å². The van der Waals surface area contributed by atoms with Gasteiger partial charge in [0, 0.05) is 7.05 Å². The van der Waals surface area contributed by atoms with E-state index in [0.29, 0.717) is 0 Å². The number of urea groups is 1. The number of rotatable bonds is 1. The van der Waals surface area contributed by atoms with Crippen LogP contribution in [-0.4, -0.2) is 25.8 Å². The monoisotopic (exact) mass is 156 g/mol. The number of nitrogens with one attached hydrogen (secondary N) is 2. The van der Waals surface area contributed by atoms with Crippen molar-refractivity contribution in [1.82, 2.24) is 10.6 Å². The zero-order chi connectivity index (χ0) is 8.20. The number of carbonyl (C=O) groups excluding carboxylic acids is 1. The molecule has 0 fully saturated rings. The SMILES string of the molecule is CNC(=O)NCC(F)(F)F. The first kappa shape index (κ1) is 9.06. The second-order valence-electron chi connectivity index (χ2n) is 1.55. The lowest BCUT2D eigenvalue weighted by molar-refractivity contribution is -0.122. The van der Waals surface area contributed by atoms with Gasteiger partial charge in [-0.05, 0) is 0 Å². The molecule has 0 rings (SSSR count). The van der Waals surface area contributed by atoms with Gasteiger partial charge < -0.3 is 10.6 Å². The number of amides is 2. The number of hydrogen-bond donors (Lipinski definition) is 2. The fourth-order valence-electron chi connectivity index (χ4n) is 0.269. The standard InChI is InChI=1S/C4H7F3N2O/c1-8-3(10)9-2-4(5,6)7/h2H2,1H3,(H2,8,9,10). The first-order chi connectivity index (χ1) is 4.45. The first-order valence-corrected chi connectivity index (χ1v) is 2.48. The van der Waals surface area contributed by atoms with Gasteiger partial charge in [0.1, 0.15) is 6.54 Å². The van der Waals surface area contributed by atoms with E-state index in [1.165, 1.54) is 7.05 Å². The van der Waals surface area contributed by atoms with Gasteiger partial charge in [0.25, 0.3) is 0 Å². The van der Waals surface area contributed by atoms with Crippen LogP contribution < -0.4 is 10.6 Å². The molecule has 3 nitrogen and oxygen atoms in total. The smallest absolute Gasteiger partial charge is 0.341 e. The number of alkyl halides is 3. The number of halogens is 3. The van der Waals surface area contributed by atoms with Crippen molar-refractivity contribution < 1.29 is 18.0 Å². The summed E-state index contributed by atoms with van der Waals surface area (Å²) in [4.78, 5) is 10.1. The molecule has 0 aliphatic carbocycles. The van der Waals surface area contributed by atoms with Crippen LogP contribution in [0.5, 0.6) is 0 Å². The molecule has 60 valence electrons. The Morgan fingerprint density at radius 2 is 2.00 bits per heavy atom. The molecule has 0 aromatic carbocycles. The molecule has 0 heterocycles. The summed E-state index contributed by atoms with van der Waals surface area (Å²) in [7, 11) is 1.24.